The normalized spacial score (nSPS) is 11.9. The molecule has 0 unspecified atom stereocenters. The van der Waals surface area contributed by atoms with E-state index in [9.17, 15) is 4.79 Å². The number of hydrogen-bond donors (Lipinski definition) is 1. The van der Waals surface area contributed by atoms with Crippen LogP contribution in [0, 0.1) is 0 Å². The van der Waals surface area contributed by atoms with Crippen LogP contribution in [0.15, 0.2) is 36.5 Å². The van der Waals surface area contributed by atoms with Gasteiger partial charge in [0.25, 0.3) is 0 Å². The first-order chi connectivity index (χ1) is 6.81. The highest BCUT2D eigenvalue weighted by Gasteiger charge is 1.88. The summed E-state index contributed by atoms with van der Waals surface area (Å²) in [6.07, 6.45) is 13.6. The third kappa shape index (κ3) is 8.78. The molecular weight excluding hydrogens is 174 g/mol. The fourth-order valence-corrected chi connectivity index (χ4v) is 0.930. The molecule has 0 aromatic heterocycles. The van der Waals surface area contributed by atoms with Gasteiger partial charge in [-0.15, -0.1) is 0 Å². The Hall–Kier alpha value is -1.31. The molecule has 0 heterocycles. The number of carbonyl (C=O) groups is 1. The van der Waals surface area contributed by atoms with Crippen LogP contribution in [0.25, 0.3) is 0 Å². The van der Waals surface area contributed by atoms with Crippen LogP contribution in [0.2, 0.25) is 0 Å². The van der Waals surface area contributed by atoms with Crippen molar-refractivity contribution in [1.82, 2.24) is 5.32 Å². The van der Waals surface area contributed by atoms with Gasteiger partial charge >= 0.3 is 0 Å². The zero-order valence-electron chi connectivity index (χ0n) is 8.99. The number of hydrogen-bond acceptors (Lipinski definition) is 1. The molecule has 78 valence electrons. The number of allylic oxidation sites excluding steroid dienone is 4. The highest BCUT2D eigenvalue weighted by Crippen LogP contribution is 1.91. The summed E-state index contributed by atoms with van der Waals surface area (Å²) >= 11 is 0. The van der Waals surface area contributed by atoms with Crippen LogP contribution >= 0.6 is 0 Å². The molecule has 0 aromatic carbocycles. The van der Waals surface area contributed by atoms with Crippen molar-refractivity contribution < 1.29 is 4.79 Å². The number of rotatable bonds is 6. The lowest BCUT2D eigenvalue weighted by atomic mass is 10.2. The number of unbranched alkanes of at least 4 members (excludes halogenated alkanes) is 1. The summed E-state index contributed by atoms with van der Waals surface area (Å²) in [6, 6.07) is 0. The summed E-state index contributed by atoms with van der Waals surface area (Å²) in [7, 11) is 0. The monoisotopic (exact) mass is 193 g/mol. The van der Waals surface area contributed by atoms with Gasteiger partial charge in [0.1, 0.15) is 0 Å². The topological polar surface area (TPSA) is 29.1 Å². The molecule has 0 saturated carbocycles. The van der Waals surface area contributed by atoms with Crippen LogP contribution in [0.5, 0.6) is 0 Å². The van der Waals surface area contributed by atoms with Crippen LogP contribution in [0.4, 0.5) is 0 Å². The van der Waals surface area contributed by atoms with E-state index >= 15 is 0 Å². The molecule has 1 N–H and O–H groups in total. The van der Waals surface area contributed by atoms with Crippen LogP contribution in [-0.2, 0) is 4.79 Å². The van der Waals surface area contributed by atoms with E-state index in [2.05, 4.69) is 17.5 Å². The SMILES string of the molecule is C/C=C/CC/C=C\CNC(=O)/C=C/C. The quantitative estimate of drug-likeness (QED) is 0.392. The number of nitrogens with one attached hydrogen (secondary N) is 1. The molecule has 2 heteroatoms. The van der Waals surface area contributed by atoms with Crippen molar-refractivity contribution in [3.63, 3.8) is 0 Å². The summed E-state index contributed by atoms with van der Waals surface area (Å²) in [5.41, 5.74) is 0. The van der Waals surface area contributed by atoms with E-state index in [1.165, 1.54) is 6.08 Å². The minimum absolute atomic E-state index is 0.0365. The van der Waals surface area contributed by atoms with E-state index in [-0.39, 0.29) is 5.91 Å². The molecule has 0 fully saturated rings. The minimum atomic E-state index is -0.0365. The Morgan fingerprint density at radius 3 is 2.43 bits per heavy atom. The Morgan fingerprint density at radius 1 is 1.07 bits per heavy atom. The fraction of sp³-hybridized carbons (Fsp3) is 0.417. The second-order valence-electron chi connectivity index (χ2n) is 2.86. The van der Waals surface area contributed by atoms with Gasteiger partial charge in [-0.3, -0.25) is 4.79 Å². The molecule has 0 aliphatic heterocycles. The van der Waals surface area contributed by atoms with Crippen LogP contribution in [0.1, 0.15) is 26.7 Å². The Balaban J connectivity index is 3.39. The van der Waals surface area contributed by atoms with E-state index in [1.807, 2.05) is 26.0 Å². The van der Waals surface area contributed by atoms with Gasteiger partial charge in [0.15, 0.2) is 0 Å². The zero-order valence-corrected chi connectivity index (χ0v) is 8.99. The van der Waals surface area contributed by atoms with Gasteiger partial charge in [0.2, 0.25) is 5.91 Å². The fourth-order valence-electron chi connectivity index (χ4n) is 0.930. The maximum Gasteiger partial charge on any atom is 0.243 e. The number of carbonyl (C=O) groups excluding carboxylic acids is 1. The Kier molecular flexibility index (Phi) is 8.86. The van der Waals surface area contributed by atoms with Crippen molar-refractivity contribution in [3.8, 4) is 0 Å². The van der Waals surface area contributed by atoms with E-state index in [0.29, 0.717) is 6.54 Å². The van der Waals surface area contributed by atoms with E-state index in [1.54, 1.807) is 6.08 Å². The van der Waals surface area contributed by atoms with E-state index in [0.717, 1.165) is 12.8 Å². The lowest BCUT2D eigenvalue weighted by Gasteiger charge is -1.95. The van der Waals surface area contributed by atoms with Crippen molar-refractivity contribution in [2.75, 3.05) is 6.54 Å². The molecule has 0 aromatic rings. The first-order valence-electron chi connectivity index (χ1n) is 4.98. The molecular formula is C12H19NO. The number of amides is 1. The Bertz CT molecular complexity index is 226. The van der Waals surface area contributed by atoms with Gasteiger partial charge in [-0.2, -0.15) is 0 Å². The molecule has 0 saturated heterocycles. The molecule has 14 heavy (non-hydrogen) atoms. The summed E-state index contributed by atoms with van der Waals surface area (Å²) in [4.78, 5) is 10.9. The second-order valence-corrected chi connectivity index (χ2v) is 2.86. The molecule has 1 amide bonds. The highest BCUT2D eigenvalue weighted by molar-refractivity contribution is 5.87. The highest BCUT2D eigenvalue weighted by atomic mass is 16.1. The first-order valence-corrected chi connectivity index (χ1v) is 4.98. The van der Waals surface area contributed by atoms with Crippen molar-refractivity contribution in [1.29, 1.82) is 0 Å². The maximum absolute atomic E-state index is 10.9. The lowest BCUT2D eigenvalue weighted by Crippen LogP contribution is -2.20. The minimum Gasteiger partial charge on any atom is -0.349 e. The average Bonchev–Trinajstić information content (AvgIpc) is 2.17. The van der Waals surface area contributed by atoms with Crippen molar-refractivity contribution >= 4 is 5.91 Å². The van der Waals surface area contributed by atoms with E-state index in [4.69, 9.17) is 0 Å². The van der Waals surface area contributed by atoms with Crippen LogP contribution in [0.3, 0.4) is 0 Å². The Morgan fingerprint density at radius 2 is 1.79 bits per heavy atom. The molecule has 2 nitrogen and oxygen atoms in total. The smallest absolute Gasteiger partial charge is 0.243 e. The van der Waals surface area contributed by atoms with Crippen LogP contribution in [-0.4, -0.2) is 12.5 Å². The molecule has 0 rings (SSSR count). The summed E-state index contributed by atoms with van der Waals surface area (Å²) in [5, 5.41) is 2.74. The Labute approximate surface area is 86.4 Å². The third-order valence-electron chi connectivity index (χ3n) is 1.61. The first kappa shape index (κ1) is 12.7. The van der Waals surface area contributed by atoms with Gasteiger partial charge in [0, 0.05) is 6.54 Å². The predicted octanol–water partition coefficient (Wildman–Crippen LogP) is 2.59. The van der Waals surface area contributed by atoms with Gasteiger partial charge in [0.05, 0.1) is 0 Å². The van der Waals surface area contributed by atoms with Crippen molar-refractivity contribution in [2.45, 2.75) is 26.7 Å². The molecule has 0 radical (unpaired) electrons. The molecule has 0 aliphatic carbocycles. The van der Waals surface area contributed by atoms with Gasteiger partial charge in [-0.05, 0) is 32.8 Å². The molecule has 0 bridgehead atoms. The van der Waals surface area contributed by atoms with Crippen molar-refractivity contribution in [3.05, 3.63) is 36.5 Å². The van der Waals surface area contributed by atoms with Gasteiger partial charge < -0.3 is 5.32 Å². The maximum atomic E-state index is 10.9. The van der Waals surface area contributed by atoms with Gasteiger partial charge in [-0.1, -0.05) is 30.4 Å². The lowest BCUT2D eigenvalue weighted by molar-refractivity contribution is -0.116. The standard InChI is InChI=1S/C12H19NO/c1-3-5-6-7-8-9-11-13-12(14)10-4-2/h3-5,8-10H,6-7,11H2,1-2H3,(H,13,14)/b5-3+,9-8-,10-4+. The zero-order chi connectivity index (χ0) is 10.6. The van der Waals surface area contributed by atoms with Gasteiger partial charge in [-0.25, -0.2) is 0 Å². The summed E-state index contributed by atoms with van der Waals surface area (Å²) < 4.78 is 0. The van der Waals surface area contributed by atoms with Crippen LogP contribution < -0.4 is 5.32 Å². The predicted molar refractivity (Wildman–Crippen MR) is 61.0 cm³/mol. The molecule has 0 atom stereocenters. The van der Waals surface area contributed by atoms with E-state index < -0.39 is 0 Å². The third-order valence-corrected chi connectivity index (χ3v) is 1.61. The van der Waals surface area contributed by atoms with Crippen molar-refractivity contribution in [2.24, 2.45) is 0 Å². The average molecular weight is 193 g/mol. The molecule has 0 spiro atoms. The summed E-state index contributed by atoms with van der Waals surface area (Å²) in [6.45, 7) is 4.45. The summed E-state index contributed by atoms with van der Waals surface area (Å²) in [5.74, 6) is -0.0365. The largest absolute Gasteiger partial charge is 0.349 e. The second kappa shape index (κ2) is 9.78. The molecule has 0 aliphatic rings.